The molecule has 0 fully saturated rings. The highest BCUT2D eigenvalue weighted by Crippen LogP contribution is 2.11. The Morgan fingerprint density at radius 3 is 3.07 bits per heavy atom. The molecule has 0 atom stereocenters. The highest BCUT2D eigenvalue weighted by molar-refractivity contribution is 9.10. The molecule has 0 bridgehead atoms. The molecule has 1 rings (SSSR count). The van der Waals surface area contributed by atoms with E-state index in [-0.39, 0.29) is 5.91 Å². The minimum absolute atomic E-state index is 0.0417. The molecule has 0 aliphatic rings. The Kier molecular flexibility index (Phi) is 4.39. The second kappa shape index (κ2) is 5.59. The molecule has 1 heterocycles. The van der Waals surface area contributed by atoms with Crippen molar-refractivity contribution in [3.8, 4) is 5.88 Å². The summed E-state index contributed by atoms with van der Waals surface area (Å²) in [5.41, 5.74) is 0. The molecule has 1 amide bonds. The first-order valence-corrected chi connectivity index (χ1v) is 4.97. The van der Waals surface area contributed by atoms with Gasteiger partial charge in [-0.1, -0.05) is 6.07 Å². The van der Waals surface area contributed by atoms with E-state index in [0.717, 1.165) is 4.60 Å². The predicted octanol–water partition coefficient (Wildman–Crippen LogP) is 1.36. The van der Waals surface area contributed by atoms with Crippen LogP contribution in [-0.2, 0) is 4.79 Å². The Balaban J connectivity index is 2.35. The summed E-state index contributed by atoms with van der Waals surface area (Å²) >= 11 is 3.23. The van der Waals surface area contributed by atoms with Crippen LogP contribution < -0.4 is 10.1 Å². The summed E-state index contributed by atoms with van der Waals surface area (Å²) in [6, 6.07) is 5.38. The zero-order valence-corrected chi connectivity index (χ0v) is 9.37. The van der Waals surface area contributed by atoms with E-state index in [9.17, 15) is 4.79 Å². The number of pyridine rings is 1. The van der Waals surface area contributed by atoms with Gasteiger partial charge in [0.05, 0.1) is 13.0 Å². The number of amides is 1. The molecule has 0 saturated heterocycles. The highest BCUT2D eigenvalue weighted by atomic mass is 79.9. The van der Waals surface area contributed by atoms with E-state index >= 15 is 0 Å². The van der Waals surface area contributed by atoms with Crippen molar-refractivity contribution in [3.05, 3.63) is 22.8 Å². The standard InChI is InChI=1S/C9H11BrN2O2/c1-11-8(13)5-6-14-9-4-2-3-7(10)12-9/h2-4H,5-6H2,1H3,(H,11,13). The van der Waals surface area contributed by atoms with Crippen LogP contribution in [0.2, 0.25) is 0 Å². The first kappa shape index (κ1) is 11.0. The number of hydrogen-bond donors (Lipinski definition) is 1. The lowest BCUT2D eigenvalue weighted by Crippen LogP contribution is -2.20. The number of nitrogens with one attached hydrogen (secondary N) is 1. The average Bonchev–Trinajstić information content (AvgIpc) is 2.17. The summed E-state index contributed by atoms with van der Waals surface area (Å²) in [7, 11) is 1.60. The Hall–Kier alpha value is -1.10. The van der Waals surface area contributed by atoms with Crippen LogP contribution in [0.5, 0.6) is 5.88 Å². The fourth-order valence-corrected chi connectivity index (χ4v) is 1.17. The third-order valence-electron chi connectivity index (χ3n) is 1.55. The van der Waals surface area contributed by atoms with Crippen molar-refractivity contribution in [2.75, 3.05) is 13.7 Å². The van der Waals surface area contributed by atoms with Crippen molar-refractivity contribution in [2.45, 2.75) is 6.42 Å². The van der Waals surface area contributed by atoms with Gasteiger partial charge in [0.2, 0.25) is 11.8 Å². The molecule has 5 heteroatoms. The molecule has 1 aromatic heterocycles. The maximum absolute atomic E-state index is 10.8. The van der Waals surface area contributed by atoms with E-state index in [2.05, 4.69) is 26.2 Å². The van der Waals surface area contributed by atoms with E-state index in [4.69, 9.17) is 4.74 Å². The van der Waals surface area contributed by atoms with E-state index in [0.29, 0.717) is 18.9 Å². The van der Waals surface area contributed by atoms with Crippen LogP contribution >= 0.6 is 15.9 Å². The zero-order valence-electron chi connectivity index (χ0n) is 7.79. The number of hydrogen-bond acceptors (Lipinski definition) is 3. The molecule has 0 unspecified atom stereocenters. The quantitative estimate of drug-likeness (QED) is 0.830. The number of aromatic nitrogens is 1. The predicted molar refractivity (Wildman–Crippen MR) is 56.1 cm³/mol. The molecule has 4 nitrogen and oxygen atoms in total. The van der Waals surface area contributed by atoms with Crippen LogP contribution in [0.3, 0.4) is 0 Å². The molecule has 1 N–H and O–H groups in total. The third-order valence-corrected chi connectivity index (χ3v) is 1.99. The molecular formula is C9H11BrN2O2. The van der Waals surface area contributed by atoms with E-state index in [1.54, 1.807) is 13.1 Å². The maximum atomic E-state index is 10.8. The van der Waals surface area contributed by atoms with Crippen LogP contribution in [-0.4, -0.2) is 24.5 Å². The summed E-state index contributed by atoms with van der Waals surface area (Å²) in [6.07, 6.45) is 0.338. The van der Waals surface area contributed by atoms with Gasteiger partial charge < -0.3 is 10.1 Å². The van der Waals surface area contributed by atoms with Gasteiger partial charge in [-0.15, -0.1) is 0 Å². The van der Waals surface area contributed by atoms with E-state index in [1.807, 2.05) is 12.1 Å². The van der Waals surface area contributed by atoms with Crippen molar-refractivity contribution >= 4 is 21.8 Å². The third kappa shape index (κ3) is 3.74. The second-order valence-electron chi connectivity index (χ2n) is 2.57. The summed E-state index contributed by atoms with van der Waals surface area (Å²) in [6.45, 7) is 0.336. The van der Waals surface area contributed by atoms with Gasteiger partial charge in [-0.25, -0.2) is 4.98 Å². The lowest BCUT2D eigenvalue weighted by Gasteiger charge is -2.04. The van der Waals surface area contributed by atoms with Crippen LogP contribution in [0, 0.1) is 0 Å². The summed E-state index contributed by atoms with van der Waals surface area (Å²) in [4.78, 5) is 14.9. The minimum Gasteiger partial charge on any atom is -0.477 e. The molecule has 76 valence electrons. The van der Waals surface area contributed by atoms with E-state index < -0.39 is 0 Å². The van der Waals surface area contributed by atoms with Crippen LogP contribution in [0.1, 0.15) is 6.42 Å². The Morgan fingerprint density at radius 2 is 2.43 bits per heavy atom. The molecule has 0 spiro atoms. The van der Waals surface area contributed by atoms with Gasteiger partial charge in [0, 0.05) is 13.1 Å². The molecule has 1 aromatic rings. The minimum atomic E-state index is -0.0417. The molecule has 14 heavy (non-hydrogen) atoms. The van der Waals surface area contributed by atoms with Crippen molar-refractivity contribution in [1.82, 2.24) is 10.3 Å². The summed E-state index contributed by atoms with van der Waals surface area (Å²) < 4.78 is 5.97. The first-order chi connectivity index (χ1) is 6.72. The number of halogens is 1. The molecule has 0 aliphatic carbocycles. The number of ether oxygens (including phenoxy) is 1. The Bertz CT molecular complexity index is 317. The van der Waals surface area contributed by atoms with Crippen LogP contribution in [0.4, 0.5) is 0 Å². The number of nitrogens with zero attached hydrogens (tertiary/aromatic N) is 1. The van der Waals surface area contributed by atoms with Crippen molar-refractivity contribution in [2.24, 2.45) is 0 Å². The number of carbonyl (C=O) groups excluding carboxylic acids is 1. The number of rotatable bonds is 4. The summed E-state index contributed by atoms with van der Waals surface area (Å²) in [5, 5.41) is 2.51. The van der Waals surface area contributed by atoms with Crippen LogP contribution in [0.15, 0.2) is 22.8 Å². The van der Waals surface area contributed by atoms with Gasteiger partial charge in [0.15, 0.2) is 0 Å². The molecule has 0 aromatic carbocycles. The highest BCUT2D eigenvalue weighted by Gasteiger charge is 1.99. The molecule has 0 saturated carbocycles. The number of carbonyl (C=O) groups is 1. The van der Waals surface area contributed by atoms with E-state index in [1.165, 1.54) is 0 Å². The SMILES string of the molecule is CNC(=O)CCOc1cccc(Br)n1. The largest absolute Gasteiger partial charge is 0.477 e. The zero-order chi connectivity index (χ0) is 10.4. The van der Waals surface area contributed by atoms with Crippen LogP contribution in [0.25, 0.3) is 0 Å². The maximum Gasteiger partial charge on any atom is 0.223 e. The van der Waals surface area contributed by atoms with Gasteiger partial charge in [0.1, 0.15) is 4.60 Å². The fourth-order valence-electron chi connectivity index (χ4n) is 0.843. The topological polar surface area (TPSA) is 51.2 Å². The van der Waals surface area contributed by atoms with Crippen molar-refractivity contribution in [3.63, 3.8) is 0 Å². The lowest BCUT2D eigenvalue weighted by molar-refractivity contribution is -0.121. The van der Waals surface area contributed by atoms with Crippen molar-refractivity contribution in [1.29, 1.82) is 0 Å². The normalized spacial score (nSPS) is 9.57. The first-order valence-electron chi connectivity index (χ1n) is 4.18. The molecule has 0 radical (unpaired) electrons. The van der Waals surface area contributed by atoms with Gasteiger partial charge >= 0.3 is 0 Å². The Morgan fingerprint density at radius 1 is 1.64 bits per heavy atom. The van der Waals surface area contributed by atoms with Crippen molar-refractivity contribution < 1.29 is 9.53 Å². The fraction of sp³-hybridized carbons (Fsp3) is 0.333. The van der Waals surface area contributed by atoms with Gasteiger partial charge in [0.25, 0.3) is 0 Å². The van der Waals surface area contributed by atoms with Gasteiger partial charge in [-0.2, -0.15) is 0 Å². The van der Waals surface area contributed by atoms with Gasteiger partial charge in [-0.3, -0.25) is 4.79 Å². The molecular weight excluding hydrogens is 248 g/mol. The van der Waals surface area contributed by atoms with Gasteiger partial charge in [-0.05, 0) is 22.0 Å². The Labute approximate surface area is 90.8 Å². The average molecular weight is 259 g/mol. The second-order valence-corrected chi connectivity index (χ2v) is 3.38. The lowest BCUT2D eigenvalue weighted by atomic mass is 10.4. The monoisotopic (exact) mass is 258 g/mol. The molecule has 0 aliphatic heterocycles. The summed E-state index contributed by atoms with van der Waals surface area (Å²) in [5.74, 6) is 0.475. The smallest absolute Gasteiger partial charge is 0.223 e.